The molecule has 1 atom stereocenters. The smallest absolute Gasteiger partial charge is 0.124 e. The Labute approximate surface area is 160 Å². The Morgan fingerprint density at radius 3 is 2.48 bits per heavy atom. The first kappa shape index (κ1) is 20.4. The third kappa shape index (κ3) is 5.52. The molecule has 0 radical (unpaired) electrons. The first-order valence-corrected chi connectivity index (χ1v) is 9.11. The number of piperidine rings is 1. The van der Waals surface area contributed by atoms with Gasteiger partial charge in [-0.3, -0.25) is 4.99 Å². The van der Waals surface area contributed by atoms with Gasteiger partial charge in [-0.05, 0) is 67.7 Å². The average molecular weight is 371 g/mol. The van der Waals surface area contributed by atoms with Crippen molar-refractivity contribution in [2.45, 2.75) is 19.8 Å². The molecule has 27 heavy (non-hydrogen) atoms. The molecule has 1 fully saturated rings. The van der Waals surface area contributed by atoms with Crippen LogP contribution in [-0.4, -0.2) is 24.4 Å². The van der Waals surface area contributed by atoms with Crippen molar-refractivity contribution in [1.29, 1.82) is 0 Å². The van der Waals surface area contributed by atoms with E-state index in [0.29, 0.717) is 22.9 Å². The molecule has 1 aliphatic heterocycles. The fourth-order valence-corrected chi connectivity index (χ4v) is 3.21. The zero-order chi connectivity index (χ0) is 19.8. The summed E-state index contributed by atoms with van der Waals surface area (Å²) < 4.78 is 0. The fourth-order valence-electron chi connectivity index (χ4n) is 3.21. The molecule has 1 heterocycles. The van der Waals surface area contributed by atoms with E-state index >= 15 is 0 Å². The van der Waals surface area contributed by atoms with Crippen LogP contribution in [0.2, 0.25) is 0 Å². The van der Waals surface area contributed by atoms with E-state index in [0.717, 1.165) is 31.5 Å². The summed E-state index contributed by atoms with van der Waals surface area (Å²) in [6.07, 6.45) is 7.03. The third-order valence-corrected chi connectivity index (χ3v) is 4.96. The van der Waals surface area contributed by atoms with E-state index in [9.17, 15) is 5.11 Å². The normalized spacial score (nSPS) is 17.8. The third-order valence-electron chi connectivity index (χ3n) is 4.96. The highest BCUT2D eigenvalue weighted by Crippen LogP contribution is 2.27. The van der Waals surface area contributed by atoms with Crippen molar-refractivity contribution >= 4 is 11.9 Å². The number of phenols is 1. The zero-order valence-corrected chi connectivity index (χ0v) is 15.7. The SMILES string of the molecule is CC(/C(C=NC(/C=C(\N)c1ccccc1O)=C(N)N)=C/N)C1CCNCC1. The van der Waals surface area contributed by atoms with Crippen LogP contribution in [0.5, 0.6) is 5.75 Å². The van der Waals surface area contributed by atoms with E-state index in [1.54, 1.807) is 42.8 Å². The van der Waals surface area contributed by atoms with Gasteiger partial charge in [-0.25, -0.2) is 0 Å². The van der Waals surface area contributed by atoms with Gasteiger partial charge in [-0.1, -0.05) is 19.1 Å². The number of aliphatic imine (C=N–C) groups is 1. The second kappa shape index (κ2) is 9.68. The number of para-hydroxylation sites is 1. The molecule has 7 heteroatoms. The molecule has 146 valence electrons. The van der Waals surface area contributed by atoms with Crippen molar-refractivity contribution in [2.24, 2.45) is 39.8 Å². The van der Waals surface area contributed by atoms with Crippen LogP contribution in [0.1, 0.15) is 25.3 Å². The Kier molecular flexibility index (Phi) is 7.31. The van der Waals surface area contributed by atoms with Crippen molar-refractivity contribution in [2.75, 3.05) is 13.1 Å². The van der Waals surface area contributed by atoms with Crippen molar-refractivity contribution in [3.63, 3.8) is 0 Å². The maximum atomic E-state index is 9.94. The molecule has 0 amide bonds. The lowest BCUT2D eigenvalue weighted by molar-refractivity contribution is 0.309. The molecule has 0 spiro atoms. The summed E-state index contributed by atoms with van der Waals surface area (Å²) in [5.74, 6) is 0.945. The molecule has 2 rings (SSSR count). The minimum Gasteiger partial charge on any atom is -0.507 e. The molecule has 0 bridgehead atoms. The van der Waals surface area contributed by atoms with Crippen molar-refractivity contribution < 1.29 is 5.11 Å². The Morgan fingerprint density at radius 1 is 1.22 bits per heavy atom. The lowest BCUT2D eigenvalue weighted by Crippen LogP contribution is -2.31. The lowest BCUT2D eigenvalue weighted by atomic mass is 9.82. The Bertz CT molecular complexity index is 755. The number of hydrogen-bond donors (Lipinski definition) is 6. The van der Waals surface area contributed by atoms with E-state index in [2.05, 4.69) is 17.2 Å². The minimum atomic E-state index is 0.0375. The number of allylic oxidation sites excluding steroid dienone is 2. The van der Waals surface area contributed by atoms with Crippen LogP contribution in [0.4, 0.5) is 0 Å². The highest BCUT2D eigenvalue weighted by atomic mass is 16.3. The molecule has 1 aliphatic rings. The Balaban J connectivity index is 2.21. The predicted octanol–water partition coefficient (Wildman–Crippen LogP) is 1.33. The van der Waals surface area contributed by atoms with Gasteiger partial charge in [0, 0.05) is 17.5 Å². The van der Waals surface area contributed by atoms with E-state index in [-0.39, 0.29) is 17.5 Å². The molecular weight excluding hydrogens is 340 g/mol. The standard InChI is InChI=1S/C20H30N6O/c1-13(14-6-8-25-9-7-14)15(11-21)12-26-18(20(23)24)10-17(22)16-4-2-3-5-19(16)27/h2-5,10-14,25,27H,6-9,21-24H2,1H3/b15-11+,17-10-,26-12?. The van der Waals surface area contributed by atoms with Crippen LogP contribution in [0.25, 0.3) is 5.70 Å². The van der Waals surface area contributed by atoms with Crippen LogP contribution in [0.3, 0.4) is 0 Å². The van der Waals surface area contributed by atoms with Crippen molar-refractivity contribution in [1.82, 2.24) is 5.32 Å². The van der Waals surface area contributed by atoms with Gasteiger partial charge in [0.15, 0.2) is 0 Å². The summed E-state index contributed by atoms with van der Waals surface area (Å²) in [5.41, 5.74) is 25.5. The monoisotopic (exact) mass is 370 g/mol. The molecule has 7 nitrogen and oxygen atoms in total. The van der Waals surface area contributed by atoms with Gasteiger partial charge in [0.2, 0.25) is 0 Å². The number of aromatic hydroxyl groups is 1. The van der Waals surface area contributed by atoms with E-state index in [1.807, 2.05) is 0 Å². The highest BCUT2D eigenvalue weighted by molar-refractivity contribution is 5.81. The lowest BCUT2D eigenvalue weighted by Gasteiger charge is -2.28. The molecular formula is C20H30N6O. The molecule has 0 aliphatic carbocycles. The Hall–Kier alpha value is -2.93. The van der Waals surface area contributed by atoms with Crippen LogP contribution in [0.15, 0.2) is 58.6 Å². The summed E-state index contributed by atoms with van der Waals surface area (Å²) in [6.45, 7) is 4.19. The maximum Gasteiger partial charge on any atom is 0.124 e. The molecule has 1 aromatic rings. The van der Waals surface area contributed by atoms with Crippen molar-refractivity contribution in [3.05, 3.63) is 59.2 Å². The highest BCUT2D eigenvalue weighted by Gasteiger charge is 2.22. The second-order valence-corrected chi connectivity index (χ2v) is 6.76. The number of nitrogens with zero attached hydrogens (tertiary/aromatic N) is 1. The van der Waals surface area contributed by atoms with Crippen molar-refractivity contribution in [3.8, 4) is 5.75 Å². The summed E-state index contributed by atoms with van der Waals surface area (Å²) in [6, 6.07) is 6.77. The molecule has 10 N–H and O–H groups in total. The first-order chi connectivity index (χ1) is 12.9. The van der Waals surface area contributed by atoms with Gasteiger partial charge in [0.05, 0.1) is 0 Å². The number of benzene rings is 1. The van der Waals surface area contributed by atoms with Gasteiger partial charge in [-0.15, -0.1) is 0 Å². The van der Waals surface area contributed by atoms with Gasteiger partial charge < -0.3 is 33.4 Å². The predicted molar refractivity (Wildman–Crippen MR) is 111 cm³/mol. The van der Waals surface area contributed by atoms with E-state index in [4.69, 9.17) is 22.9 Å². The van der Waals surface area contributed by atoms with E-state index < -0.39 is 0 Å². The first-order valence-electron chi connectivity index (χ1n) is 9.11. The van der Waals surface area contributed by atoms with Crippen LogP contribution in [0, 0.1) is 11.8 Å². The van der Waals surface area contributed by atoms with E-state index in [1.165, 1.54) is 0 Å². The fraction of sp³-hybridized carbons (Fsp3) is 0.350. The number of nitrogens with one attached hydrogen (secondary N) is 1. The number of nitrogens with two attached hydrogens (primary N) is 4. The molecule has 1 saturated heterocycles. The number of phenolic OH excluding ortho intramolecular Hbond substituents is 1. The van der Waals surface area contributed by atoms with Crippen LogP contribution < -0.4 is 28.3 Å². The molecule has 0 aromatic heterocycles. The number of rotatable bonds is 6. The van der Waals surface area contributed by atoms with Crippen LogP contribution >= 0.6 is 0 Å². The molecule has 1 aromatic carbocycles. The summed E-state index contributed by atoms with van der Waals surface area (Å²) in [7, 11) is 0. The van der Waals surface area contributed by atoms with Gasteiger partial charge >= 0.3 is 0 Å². The molecule has 1 unspecified atom stereocenters. The maximum absolute atomic E-state index is 9.94. The largest absolute Gasteiger partial charge is 0.507 e. The number of hydrogen-bond acceptors (Lipinski definition) is 7. The van der Waals surface area contributed by atoms with Gasteiger partial charge in [0.25, 0.3) is 0 Å². The summed E-state index contributed by atoms with van der Waals surface area (Å²) in [4.78, 5) is 4.41. The minimum absolute atomic E-state index is 0.0375. The van der Waals surface area contributed by atoms with Gasteiger partial charge in [-0.2, -0.15) is 0 Å². The zero-order valence-electron chi connectivity index (χ0n) is 15.7. The topological polar surface area (TPSA) is 149 Å². The average Bonchev–Trinajstić information content (AvgIpc) is 2.68. The van der Waals surface area contributed by atoms with Crippen LogP contribution in [-0.2, 0) is 0 Å². The second-order valence-electron chi connectivity index (χ2n) is 6.76. The summed E-state index contributed by atoms with van der Waals surface area (Å²) >= 11 is 0. The molecule has 0 saturated carbocycles. The summed E-state index contributed by atoms with van der Waals surface area (Å²) in [5, 5.41) is 13.3. The Morgan fingerprint density at radius 2 is 1.89 bits per heavy atom. The quantitative estimate of drug-likeness (QED) is 0.329. The van der Waals surface area contributed by atoms with Gasteiger partial charge in [0.1, 0.15) is 17.3 Å².